The van der Waals surface area contributed by atoms with E-state index in [2.05, 4.69) is 6.92 Å². The van der Waals surface area contributed by atoms with Crippen molar-refractivity contribution in [3.05, 3.63) is 12.2 Å². The van der Waals surface area contributed by atoms with Crippen LogP contribution in [-0.4, -0.2) is 17.5 Å². The second-order valence-electron chi connectivity index (χ2n) is 4.65. The minimum absolute atomic E-state index is 0.0622. The number of carbonyl (C=O) groups excluding carboxylic acids is 1. The number of carbonyl (C=O) groups is 1. The first-order valence-electron chi connectivity index (χ1n) is 5.39. The molecule has 0 aromatic rings. The van der Waals surface area contributed by atoms with E-state index in [1.54, 1.807) is 6.08 Å². The van der Waals surface area contributed by atoms with Crippen LogP contribution in [0, 0.1) is 11.3 Å². The summed E-state index contributed by atoms with van der Waals surface area (Å²) in [5, 5.41) is 9.18. The molecule has 0 saturated heterocycles. The van der Waals surface area contributed by atoms with Gasteiger partial charge in [-0.1, -0.05) is 13.0 Å². The van der Waals surface area contributed by atoms with Crippen LogP contribution < -0.4 is 0 Å². The number of aliphatic hydroxyl groups excluding tert-OH is 1. The van der Waals surface area contributed by atoms with Crippen molar-refractivity contribution in [2.45, 2.75) is 39.5 Å². The Morgan fingerprint density at radius 1 is 1.50 bits per heavy atom. The molecule has 0 aromatic carbocycles. The Morgan fingerprint density at radius 3 is 2.50 bits per heavy atom. The molecule has 0 aromatic heterocycles. The molecule has 1 rings (SSSR count). The minimum Gasteiger partial charge on any atom is -0.396 e. The fourth-order valence-corrected chi connectivity index (χ4v) is 2.06. The Kier molecular flexibility index (Phi) is 3.87. The second kappa shape index (κ2) is 4.74. The van der Waals surface area contributed by atoms with Gasteiger partial charge in [0.2, 0.25) is 0 Å². The Bertz CT molecular complexity index is 222. The normalized spacial score (nSPS) is 33.5. The number of ketones is 1. The summed E-state index contributed by atoms with van der Waals surface area (Å²) in [6, 6.07) is 0. The van der Waals surface area contributed by atoms with Gasteiger partial charge in [0.25, 0.3) is 0 Å². The molecule has 1 aliphatic carbocycles. The number of hydrogen-bond acceptors (Lipinski definition) is 2. The van der Waals surface area contributed by atoms with Crippen molar-refractivity contribution in [3.8, 4) is 0 Å². The average Bonchev–Trinajstić information content (AvgIpc) is 2.19. The Morgan fingerprint density at radius 2 is 2.07 bits per heavy atom. The van der Waals surface area contributed by atoms with Crippen LogP contribution in [0.3, 0.4) is 0 Å². The molecule has 0 aliphatic heterocycles. The number of hydrogen-bond donors (Lipinski definition) is 1. The molecule has 0 heterocycles. The molecule has 0 spiro atoms. The maximum atomic E-state index is 11.5. The lowest BCUT2D eigenvalue weighted by atomic mass is 9.71. The molecule has 0 atom stereocenters. The van der Waals surface area contributed by atoms with Gasteiger partial charge in [0.1, 0.15) is 0 Å². The predicted octanol–water partition coefficient (Wildman–Crippen LogP) is 2.32. The topological polar surface area (TPSA) is 37.3 Å². The molecular formula is C12H20O2. The monoisotopic (exact) mass is 196 g/mol. The van der Waals surface area contributed by atoms with E-state index in [1.165, 1.54) is 0 Å². The van der Waals surface area contributed by atoms with Gasteiger partial charge in [0, 0.05) is 12.5 Å². The van der Waals surface area contributed by atoms with Crippen LogP contribution in [0.15, 0.2) is 12.2 Å². The average molecular weight is 196 g/mol. The minimum atomic E-state index is 0.0622. The lowest BCUT2D eigenvalue weighted by Gasteiger charge is -2.34. The molecule has 1 saturated carbocycles. The summed E-state index contributed by atoms with van der Waals surface area (Å²) in [4.78, 5) is 11.5. The van der Waals surface area contributed by atoms with Gasteiger partial charge < -0.3 is 5.11 Å². The van der Waals surface area contributed by atoms with Crippen LogP contribution in [0.5, 0.6) is 0 Å². The summed E-state index contributed by atoms with van der Waals surface area (Å²) in [6.45, 7) is 4.22. The van der Waals surface area contributed by atoms with E-state index in [4.69, 9.17) is 0 Å². The molecule has 2 heteroatoms. The molecule has 0 bridgehead atoms. The van der Waals surface area contributed by atoms with Crippen LogP contribution in [-0.2, 0) is 4.79 Å². The smallest absolute Gasteiger partial charge is 0.158 e. The summed E-state index contributed by atoms with van der Waals surface area (Å²) in [7, 11) is 0. The van der Waals surface area contributed by atoms with Crippen molar-refractivity contribution in [2.75, 3.05) is 6.61 Å². The van der Waals surface area contributed by atoms with E-state index in [-0.39, 0.29) is 23.7 Å². The third kappa shape index (κ3) is 2.68. The largest absolute Gasteiger partial charge is 0.396 e. The van der Waals surface area contributed by atoms with Crippen molar-refractivity contribution in [1.29, 1.82) is 0 Å². The molecule has 2 nitrogen and oxygen atoms in total. The highest BCUT2D eigenvalue weighted by Crippen LogP contribution is 2.38. The van der Waals surface area contributed by atoms with Crippen molar-refractivity contribution in [1.82, 2.24) is 0 Å². The second-order valence-corrected chi connectivity index (χ2v) is 4.65. The van der Waals surface area contributed by atoms with E-state index < -0.39 is 0 Å². The van der Waals surface area contributed by atoms with E-state index in [0.717, 1.165) is 25.7 Å². The highest BCUT2D eigenvalue weighted by molar-refractivity contribution is 5.91. The summed E-state index contributed by atoms with van der Waals surface area (Å²) in [5.41, 5.74) is 0.0622. The molecule has 14 heavy (non-hydrogen) atoms. The van der Waals surface area contributed by atoms with Crippen molar-refractivity contribution >= 4 is 5.78 Å². The first kappa shape index (κ1) is 11.4. The fraction of sp³-hybridized carbons (Fsp3) is 0.750. The molecule has 1 N–H and O–H groups in total. The lowest BCUT2D eigenvalue weighted by molar-refractivity contribution is -0.120. The zero-order valence-corrected chi connectivity index (χ0v) is 9.12. The van der Waals surface area contributed by atoms with Crippen LogP contribution in [0.4, 0.5) is 0 Å². The van der Waals surface area contributed by atoms with Gasteiger partial charge in [0.15, 0.2) is 5.78 Å². The molecular weight excluding hydrogens is 176 g/mol. The maximum Gasteiger partial charge on any atom is 0.158 e. The lowest BCUT2D eigenvalue weighted by Crippen LogP contribution is -2.30. The van der Waals surface area contributed by atoms with Gasteiger partial charge in [-0.2, -0.15) is 0 Å². The molecule has 1 aliphatic rings. The molecule has 0 amide bonds. The fourth-order valence-electron chi connectivity index (χ4n) is 2.06. The van der Waals surface area contributed by atoms with Crippen molar-refractivity contribution in [3.63, 3.8) is 0 Å². The zero-order valence-electron chi connectivity index (χ0n) is 9.12. The van der Waals surface area contributed by atoms with Gasteiger partial charge in [-0.05, 0) is 44.1 Å². The molecule has 0 unspecified atom stereocenters. The van der Waals surface area contributed by atoms with Gasteiger partial charge in [-0.3, -0.25) is 4.79 Å². The van der Waals surface area contributed by atoms with Crippen LogP contribution >= 0.6 is 0 Å². The molecule has 80 valence electrons. The first-order chi connectivity index (χ1) is 6.61. The van der Waals surface area contributed by atoms with Crippen LogP contribution in [0.2, 0.25) is 0 Å². The Labute approximate surface area is 86.0 Å². The third-order valence-corrected chi connectivity index (χ3v) is 3.31. The highest BCUT2D eigenvalue weighted by atomic mass is 16.3. The zero-order chi connectivity index (χ0) is 10.6. The number of aliphatic hydroxyl groups is 1. The van der Waals surface area contributed by atoms with Crippen LogP contribution in [0.25, 0.3) is 0 Å². The SMILES string of the molecule is CC=CC(=O)C1CCC(C)(CO)CC1. The molecule has 0 radical (unpaired) electrons. The predicted molar refractivity (Wildman–Crippen MR) is 57.0 cm³/mol. The number of rotatable bonds is 3. The Balaban J connectivity index is 2.47. The van der Waals surface area contributed by atoms with Gasteiger partial charge >= 0.3 is 0 Å². The van der Waals surface area contributed by atoms with Crippen LogP contribution in [0.1, 0.15) is 39.5 Å². The maximum absolute atomic E-state index is 11.5. The number of allylic oxidation sites excluding steroid dienone is 2. The summed E-state index contributed by atoms with van der Waals surface area (Å²) in [6.07, 6.45) is 7.28. The van der Waals surface area contributed by atoms with Gasteiger partial charge in [-0.25, -0.2) is 0 Å². The quantitative estimate of drug-likeness (QED) is 0.703. The summed E-state index contributed by atoms with van der Waals surface area (Å²) in [5.74, 6) is 0.457. The van der Waals surface area contributed by atoms with E-state index in [0.29, 0.717) is 0 Å². The van der Waals surface area contributed by atoms with E-state index in [1.807, 2.05) is 13.0 Å². The highest BCUT2D eigenvalue weighted by Gasteiger charge is 2.32. The van der Waals surface area contributed by atoms with Crippen molar-refractivity contribution in [2.24, 2.45) is 11.3 Å². The summed E-state index contributed by atoms with van der Waals surface area (Å²) < 4.78 is 0. The summed E-state index contributed by atoms with van der Waals surface area (Å²) >= 11 is 0. The standard InChI is InChI=1S/C12H20O2/c1-3-4-11(14)10-5-7-12(2,9-13)8-6-10/h3-4,10,13H,5-9H2,1-2H3. The van der Waals surface area contributed by atoms with E-state index >= 15 is 0 Å². The Hall–Kier alpha value is -0.630. The molecule has 1 fully saturated rings. The first-order valence-corrected chi connectivity index (χ1v) is 5.39. The van der Waals surface area contributed by atoms with Gasteiger partial charge in [0.05, 0.1) is 0 Å². The van der Waals surface area contributed by atoms with Gasteiger partial charge in [-0.15, -0.1) is 0 Å². The van der Waals surface area contributed by atoms with E-state index in [9.17, 15) is 9.90 Å². The third-order valence-electron chi connectivity index (χ3n) is 3.31. The van der Waals surface area contributed by atoms with Crippen molar-refractivity contribution < 1.29 is 9.90 Å².